The van der Waals surface area contributed by atoms with Crippen molar-refractivity contribution in [3.8, 4) is 0 Å². The van der Waals surface area contributed by atoms with Crippen molar-refractivity contribution >= 4 is 29.9 Å². The van der Waals surface area contributed by atoms with Gasteiger partial charge in [-0.1, -0.05) is 24.3 Å². The fourth-order valence-electron chi connectivity index (χ4n) is 3.69. The molecule has 1 atom stereocenters. The molecule has 10 heteroatoms. The van der Waals surface area contributed by atoms with Gasteiger partial charge in [0.05, 0.1) is 13.1 Å². The summed E-state index contributed by atoms with van der Waals surface area (Å²) in [5.74, 6) is 2.55. The summed E-state index contributed by atoms with van der Waals surface area (Å²) in [5, 5.41) is 15.8. The highest BCUT2D eigenvalue weighted by atomic mass is 127. The molecule has 3 heterocycles. The molecule has 1 aliphatic heterocycles. The van der Waals surface area contributed by atoms with Crippen LogP contribution in [0.3, 0.4) is 0 Å². The standard InChI is InChI=1S/C21H28N8O.HI/c1-22-21(25-18-8-9-20-26-19(15-30-2)27-29(20)14-18)23-12-16-6-3-4-7-17(16)13-28-11-5-10-24-28;/h3-7,10-11,18H,8-9,12-15H2,1-2H3,(H2,22,23,25);1H. The van der Waals surface area contributed by atoms with Crippen LogP contribution in [0, 0.1) is 0 Å². The smallest absolute Gasteiger partial charge is 0.191 e. The van der Waals surface area contributed by atoms with E-state index in [0.717, 1.165) is 43.5 Å². The van der Waals surface area contributed by atoms with Gasteiger partial charge in [0.15, 0.2) is 11.8 Å². The molecule has 0 saturated heterocycles. The maximum atomic E-state index is 5.14. The molecule has 0 bridgehead atoms. The first-order valence-electron chi connectivity index (χ1n) is 10.2. The average Bonchev–Trinajstić information content (AvgIpc) is 3.41. The summed E-state index contributed by atoms with van der Waals surface area (Å²) in [6.45, 7) is 2.65. The summed E-state index contributed by atoms with van der Waals surface area (Å²) in [6.07, 6.45) is 5.65. The molecule has 0 spiro atoms. The third kappa shape index (κ3) is 6.03. The number of aryl methyl sites for hydroxylation is 1. The highest BCUT2D eigenvalue weighted by Gasteiger charge is 2.22. The zero-order valence-corrected chi connectivity index (χ0v) is 20.2. The maximum absolute atomic E-state index is 5.14. The minimum absolute atomic E-state index is 0. The first-order valence-corrected chi connectivity index (χ1v) is 10.2. The number of halogens is 1. The Morgan fingerprint density at radius 3 is 2.84 bits per heavy atom. The Kier molecular flexibility index (Phi) is 8.41. The number of ether oxygens (including phenoxy) is 1. The summed E-state index contributed by atoms with van der Waals surface area (Å²) < 4.78 is 9.05. The molecular formula is C21H29IN8O. The Hall–Kier alpha value is -2.47. The molecule has 3 aromatic rings. The van der Waals surface area contributed by atoms with Gasteiger partial charge in [-0.05, 0) is 23.6 Å². The fourth-order valence-corrected chi connectivity index (χ4v) is 3.69. The first kappa shape index (κ1) is 23.2. The van der Waals surface area contributed by atoms with Crippen molar-refractivity contribution in [2.75, 3.05) is 14.2 Å². The Balaban J connectivity index is 0.00000272. The van der Waals surface area contributed by atoms with Gasteiger partial charge in [0, 0.05) is 45.6 Å². The molecule has 0 amide bonds. The summed E-state index contributed by atoms with van der Waals surface area (Å²) in [6, 6.07) is 10.6. The molecule has 9 nitrogen and oxygen atoms in total. The van der Waals surface area contributed by atoms with Gasteiger partial charge >= 0.3 is 0 Å². The van der Waals surface area contributed by atoms with Gasteiger partial charge < -0.3 is 15.4 Å². The average molecular weight is 536 g/mol. The molecule has 0 saturated carbocycles. The molecule has 2 N–H and O–H groups in total. The van der Waals surface area contributed by atoms with Crippen LogP contribution in [-0.4, -0.2) is 50.7 Å². The van der Waals surface area contributed by atoms with Gasteiger partial charge in [-0.3, -0.25) is 9.67 Å². The van der Waals surface area contributed by atoms with Crippen LogP contribution in [-0.2, 0) is 37.4 Å². The van der Waals surface area contributed by atoms with Gasteiger partial charge in [-0.15, -0.1) is 24.0 Å². The van der Waals surface area contributed by atoms with Crippen molar-refractivity contribution in [3.63, 3.8) is 0 Å². The number of nitrogens with zero attached hydrogens (tertiary/aromatic N) is 6. The van der Waals surface area contributed by atoms with Gasteiger partial charge in [-0.25, -0.2) is 9.67 Å². The zero-order valence-electron chi connectivity index (χ0n) is 17.9. The van der Waals surface area contributed by atoms with Crippen LogP contribution >= 0.6 is 24.0 Å². The van der Waals surface area contributed by atoms with Gasteiger partial charge in [0.25, 0.3) is 0 Å². The second-order valence-corrected chi connectivity index (χ2v) is 7.34. The maximum Gasteiger partial charge on any atom is 0.191 e. The largest absolute Gasteiger partial charge is 0.377 e. The molecule has 31 heavy (non-hydrogen) atoms. The highest BCUT2D eigenvalue weighted by molar-refractivity contribution is 14.0. The second kappa shape index (κ2) is 11.2. The monoisotopic (exact) mass is 536 g/mol. The van der Waals surface area contributed by atoms with Crippen molar-refractivity contribution < 1.29 is 4.74 Å². The number of nitrogens with one attached hydrogen (secondary N) is 2. The Bertz CT molecular complexity index is 985. The Morgan fingerprint density at radius 2 is 2.10 bits per heavy atom. The lowest BCUT2D eigenvalue weighted by Gasteiger charge is -2.25. The van der Waals surface area contributed by atoms with E-state index in [9.17, 15) is 0 Å². The van der Waals surface area contributed by atoms with E-state index >= 15 is 0 Å². The van der Waals surface area contributed by atoms with E-state index in [1.54, 1.807) is 20.4 Å². The molecule has 0 fully saturated rings. The molecule has 2 aromatic heterocycles. The predicted molar refractivity (Wildman–Crippen MR) is 129 cm³/mol. The quantitative estimate of drug-likeness (QED) is 0.273. The Labute approximate surface area is 199 Å². The van der Waals surface area contributed by atoms with Crippen LogP contribution in [0.2, 0.25) is 0 Å². The number of hydrogen-bond donors (Lipinski definition) is 2. The van der Waals surface area contributed by atoms with E-state index in [2.05, 4.69) is 55.1 Å². The molecular weight excluding hydrogens is 507 g/mol. The van der Waals surface area contributed by atoms with Crippen molar-refractivity contribution in [3.05, 3.63) is 65.5 Å². The SMILES string of the molecule is CN=C(NCc1ccccc1Cn1cccn1)NC1CCc2nc(COC)nn2C1.I. The van der Waals surface area contributed by atoms with Gasteiger partial charge in [0.1, 0.15) is 12.4 Å². The van der Waals surface area contributed by atoms with E-state index in [0.29, 0.717) is 13.2 Å². The topological polar surface area (TPSA) is 94.2 Å². The molecule has 1 unspecified atom stereocenters. The molecule has 0 aliphatic carbocycles. The molecule has 4 rings (SSSR count). The van der Waals surface area contributed by atoms with Crippen LogP contribution in [0.1, 0.15) is 29.2 Å². The first-order chi connectivity index (χ1) is 14.7. The van der Waals surface area contributed by atoms with Gasteiger partial charge in [0.2, 0.25) is 0 Å². The number of methoxy groups -OCH3 is 1. The molecule has 0 radical (unpaired) electrons. The van der Waals surface area contributed by atoms with Crippen LogP contribution < -0.4 is 10.6 Å². The third-order valence-electron chi connectivity index (χ3n) is 5.20. The number of aliphatic imine (C=N–C) groups is 1. The van der Waals surface area contributed by atoms with E-state index in [4.69, 9.17) is 4.74 Å². The van der Waals surface area contributed by atoms with Crippen LogP contribution in [0.4, 0.5) is 0 Å². The van der Waals surface area contributed by atoms with Crippen molar-refractivity contribution in [1.82, 2.24) is 35.2 Å². The summed E-state index contributed by atoms with van der Waals surface area (Å²) >= 11 is 0. The van der Waals surface area contributed by atoms with E-state index in [1.165, 1.54) is 11.1 Å². The minimum Gasteiger partial charge on any atom is -0.377 e. The molecule has 166 valence electrons. The predicted octanol–water partition coefficient (Wildman–Crippen LogP) is 1.97. The normalized spacial score (nSPS) is 15.8. The number of rotatable bonds is 7. The van der Waals surface area contributed by atoms with Crippen LogP contribution in [0.5, 0.6) is 0 Å². The lowest BCUT2D eigenvalue weighted by molar-refractivity contribution is 0.177. The van der Waals surface area contributed by atoms with Crippen LogP contribution in [0.15, 0.2) is 47.7 Å². The molecule has 1 aromatic carbocycles. The van der Waals surface area contributed by atoms with E-state index in [1.807, 2.05) is 21.6 Å². The minimum atomic E-state index is 0. The third-order valence-corrected chi connectivity index (χ3v) is 5.20. The number of fused-ring (bicyclic) bond motifs is 1. The summed E-state index contributed by atoms with van der Waals surface area (Å²) in [4.78, 5) is 8.94. The van der Waals surface area contributed by atoms with Crippen molar-refractivity contribution in [2.24, 2.45) is 4.99 Å². The van der Waals surface area contributed by atoms with Crippen molar-refractivity contribution in [2.45, 2.75) is 45.1 Å². The summed E-state index contributed by atoms with van der Waals surface area (Å²) in [7, 11) is 3.46. The zero-order chi connectivity index (χ0) is 20.8. The van der Waals surface area contributed by atoms with E-state index in [-0.39, 0.29) is 30.0 Å². The lowest BCUT2D eigenvalue weighted by Crippen LogP contribution is -2.46. The van der Waals surface area contributed by atoms with Crippen molar-refractivity contribution in [1.29, 1.82) is 0 Å². The fraction of sp³-hybridized carbons (Fsp3) is 0.429. The Morgan fingerprint density at radius 1 is 1.26 bits per heavy atom. The number of hydrogen-bond acceptors (Lipinski definition) is 5. The molecule has 1 aliphatic rings. The summed E-state index contributed by atoms with van der Waals surface area (Å²) in [5.41, 5.74) is 2.46. The number of benzene rings is 1. The van der Waals surface area contributed by atoms with Gasteiger partial charge in [-0.2, -0.15) is 10.2 Å². The van der Waals surface area contributed by atoms with E-state index < -0.39 is 0 Å². The second-order valence-electron chi connectivity index (χ2n) is 7.34. The number of aromatic nitrogens is 5. The van der Waals surface area contributed by atoms with Crippen LogP contribution in [0.25, 0.3) is 0 Å². The highest BCUT2D eigenvalue weighted by Crippen LogP contribution is 2.14. The number of guanidine groups is 1. The lowest BCUT2D eigenvalue weighted by atomic mass is 10.1.